The maximum Gasteiger partial charge on any atom is 0.233 e. The van der Waals surface area contributed by atoms with Gasteiger partial charge in [0.05, 0.1) is 11.3 Å². The van der Waals surface area contributed by atoms with E-state index in [0.717, 1.165) is 17.7 Å². The topological polar surface area (TPSA) is 29.1 Å². The second-order valence-corrected chi connectivity index (χ2v) is 7.09. The molecule has 0 heterocycles. The van der Waals surface area contributed by atoms with Crippen molar-refractivity contribution in [3.63, 3.8) is 0 Å². The molecular formula is C20H25NOS. The van der Waals surface area contributed by atoms with Gasteiger partial charge in [-0.1, -0.05) is 61.5 Å². The van der Waals surface area contributed by atoms with Gasteiger partial charge in [0, 0.05) is 5.75 Å². The van der Waals surface area contributed by atoms with E-state index in [1.807, 2.05) is 32.0 Å². The zero-order chi connectivity index (χ0) is 16.7. The molecule has 0 radical (unpaired) electrons. The van der Waals surface area contributed by atoms with Crippen molar-refractivity contribution in [2.45, 2.75) is 44.2 Å². The van der Waals surface area contributed by atoms with E-state index in [1.165, 1.54) is 11.1 Å². The molecule has 2 nitrogen and oxygen atoms in total. The van der Waals surface area contributed by atoms with Gasteiger partial charge >= 0.3 is 0 Å². The Hall–Kier alpha value is -1.74. The molecule has 0 aliphatic carbocycles. The van der Waals surface area contributed by atoms with E-state index in [9.17, 15) is 4.79 Å². The number of carbonyl (C=O) groups is 1. The van der Waals surface area contributed by atoms with Crippen LogP contribution in [0.15, 0.2) is 54.6 Å². The maximum absolute atomic E-state index is 12.3. The number of thioether (sulfide) groups is 1. The molecule has 0 aliphatic heterocycles. The van der Waals surface area contributed by atoms with E-state index in [4.69, 9.17) is 0 Å². The summed E-state index contributed by atoms with van der Waals surface area (Å²) < 4.78 is 0. The Bertz CT molecular complexity index is 609. The minimum Gasteiger partial charge on any atom is -0.349 e. The van der Waals surface area contributed by atoms with E-state index in [1.54, 1.807) is 11.8 Å². The SMILES string of the molecule is CCc1ccc([C@@H](C)NC(=O)[C@@H](C)SCc2ccccc2)cc1. The molecule has 0 saturated carbocycles. The van der Waals surface area contributed by atoms with Crippen LogP contribution in [-0.4, -0.2) is 11.2 Å². The number of hydrogen-bond acceptors (Lipinski definition) is 2. The average molecular weight is 327 g/mol. The molecule has 0 aromatic heterocycles. The third-order valence-corrected chi connectivity index (χ3v) is 5.17. The first kappa shape index (κ1) is 17.6. The number of amides is 1. The van der Waals surface area contributed by atoms with Crippen molar-refractivity contribution in [2.24, 2.45) is 0 Å². The van der Waals surface area contributed by atoms with Gasteiger partial charge in [-0.25, -0.2) is 0 Å². The van der Waals surface area contributed by atoms with E-state index < -0.39 is 0 Å². The van der Waals surface area contributed by atoms with E-state index in [0.29, 0.717) is 0 Å². The van der Waals surface area contributed by atoms with Crippen molar-refractivity contribution < 1.29 is 4.79 Å². The fourth-order valence-electron chi connectivity index (χ4n) is 2.33. The van der Waals surface area contributed by atoms with Crippen molar-refractivity contribution in [3.8, 4) is 0 Å². The molecule has 2 aromatic carbocycles. The summed E-state index contributed by atoms with van der Waals surface area (Å²) in [5.74, 6) is 0.952. The van der Waals surface area contributed by atoms with Crippen LogP contribution in [0.25, 0.3) is 0 Å². The summed E-state index contributed by atoms with van der Waals surface area (Å²) in [6.07, 6.45) is 1.04. The predicted molar refractivity (Wildman–Crippen MR) is 99.6 cm³/mol. The lowest BCUT2D eigenvalue weighted by Gasteiger charge is -2.18. The van der Waals surface area contributed by atoms with Gasteiger partial charge in [-0.3, -0.25) is 4.79 Å². The van der Waals surface area contributed by atoms with Gasteiger partial charge in [-0.15, -0.1) is 11.8 Å². The van der Waals surface area contributed by atoms with Crippen LogP contribution in [-0.2, 0) is 17.0 Å². The standard InChI is InChI=1S/C20H25NOS/c1-4-17-10-12-19(13-11-17)15(2)21-20(22)16(3)23-14-18-8-6-5-7-9-18/h5-13,15-16H,4,14H2,1-3H3,(H,21,22)/t15-,16-/m1/s1. The van der Waals surface area contributed by atoms with Crippen molar-refractivity contribution in [1.82, 2.24) is 5.32 Å². The summed E-state index contributed by atoms with van der Waals surface area (Å²) >= 11 is 1.67. The second kappa shape index (κ2) is 8.78. The van der Waals surface area contributed by atoms with Crippen molar-refractivity contribution in [2.75, 3.05) is 0 Å². The Morgan fingerprint density at radius 3 is 2.26 bits per heavy atom. The maximum atomic E-state index is 12.3. The minimum absolute atomic E-state index is 0.0354. The molecule has 3 heteroatoms. The van der Waals surface area contributed by atoms with E-state index >= 15 is 0 Å². The van der Waals surface area contributed by atoms with Crippen LogP contribution in [0.1, 0.15) is 43.5 Å². The number of hydrogen-bond donors (Lipinski definition) is 1. The molecule has 2 rings (SSSR count). The fourth-order valence-corrected chi connectivity index (χ4v) is 3.18. The summed E-state index contributed by atoms with van der Waals surface area (Å²) in [5, 5.41) is 3.05. The van der Waals surface area contributed by atoms with Crippen LogP contribution >= 0.6 is 11.8 Å². The number of nitrogens with one attached hydrogen (secondary N) is 1. The molecule has 2 aromatic rings. The van der Waals surface area contributed by atoms with Gasteiger partial charge in [0.15, 0.2) is 0 Å². The summed E-state index contributed by atoms with van der Waals surface area (Å²) in [6.45, 7) is 6.15. The first-order chi connectivity index (χ1) is 11.1. The lowest BCUT2D eigenvalue weighted by molar-refractivity contribution is -0.120. The molecular weight excluding hydrogens is 302 g/mol. The van der Waals surface area contributed by atoms with E-state index in [-0.39, 0.29) is 17.2 Å². The molecule has 1 N–H and O–H groups in total. The van der Waals surface area contributed by atoms with Crippen molar-refractivity contribution in [1.29, 1.82) is 0 Å². The van der Waals surface area contributed by atoms with Gasteiger partial charge in [-0.2, -0.15) is 0 Å². The first-order valence-electron chi connectivity index (χ1n) is 8.15. The quantitative estimate of drug-likeness (QED) is 0.795. The molecule has 2 atom stereocenters. The fraction of sp³-hybridized carbons (Fsp3) is 0.350. The lowest BCUT2D eigenvalue weighted by atomic mass is 10.0. The van der Waals surface area contributed by atoms with E-state index in [2.05, 4.69) is 48.6 Å². The Kier molecular flexibility index (Phi) is 6.72. The number of carbonyl (C=O) groups excluding carboxylic acids is 1. The van der Waals surface area contributed by atoms with Crippen LogP contribution < -0.4 is 5.32 Å². The number of benzene rings is 2. The smallest absolute Gasteiger partial charge is 0.233 e. The summed E-state index contributed by atoms with van der Waals surface area (Å²) in [4.78, 5) is 12.3. The first-order valence-corrected chi connectivity index (χ1v) is 9.19. The molecule has 0 aliphatic rings. The number of rotatable bonds is 7. The Balaban J connectivity index is 1.84. The molecule has 0 spiro atoms. The Labute approximate surface area is 143 Å². The molecule has 0 saturated heterocycles. The Morgan fingerprint density at radius 2 is 1.65 bits per heavy atom. The largest absolute Gasteiger partial charge is 0.349 e. The number of aryl methyl sites for hydroxylation is 1. The highest BCUT2D eigenvalue weighted by Crippen LogP contribution is 2.19. The zero-order valence-corrected chi connectivity index (χ0v) is 14.9. The minimum atomic E-state index is -0.0624. The molecule has 0 bridgehead atoms. The van der Waals surface area contributed by atoms with Gasteiger partial charge in [0.1, 0.15) is 0 Å². The van der Waals surface area contributed by atoms with Crippen LogP contribution in [0.3, 0.4) is 0 Å². The molecule has 0 unspecified atom stereocenters. The molecule has 23 heavy (non-hydrogen) atoms. The van der Waals surface area contributed by atoms with Gasteiger partial charge in [-0.05, 0) is 37.0 Å². The molecule has 1 amide bonds. The van der Waals surface area contributed by atoms with Crippen molar-refractivity contribution in [3.05, 3.63) is 71.3 Å². The van der Waals surface area contributed by atoms with Gasteiger partial charge in [0.2, 0.25) is 5.91 Å². The highest BCUT2D eigenvalue weighted by molar-refractivity contribution is 7.99. The molecule has 0 fully saturated rings. The summed E-state index contributed by atoms with van der Waals surface area (Å²) in [7, 11) is 0. The zero-order valence-electron chi connectivity index (χ0n) is 14.1. The third-order valence-electron chi connectivity index (χ3n) is 3.96. The Morgan fingerprint density at radius 1 is 1.00 bits per heavy atom. The third kappa shape index (κ3) is 5.43. The van der Waals surface area contributed by atoms with Gasteiger partial charge in [0.25, 0.3) is 0 Å². The molecule has 122 valence electrons. The van der Waals surface area contributed by atoms with Crippen molar-refractivity contribution >= 4 is 17.7 Å². The monoisotopic (exact) mass is 327 g/mol. The van der Waals surface area contributed by atoms with Crippen LogP contribution in [0, 0.1) is 0 Å². The predicted octanol–water partition coefficient (Wildman–Crippen LogP) is 4.75. The lowest BCUT2D eigenvalue weighted by Crippen LogP contribution is -2.33. The van der Waals surface area contributed by atoms with Crippen LogP contribution in [0.4, 0.5) is 0 Å². The average Bonchev–Trinajstić information content (AvgIpc) is 2.60. The highest BCUT2D eigenvalue weighted by Gasteiger charge is 2.16. The second-order valence-electron chi connectivity index (χ2n) is 5.76. The van der Waals surface area contributed by atoms with Crippen LogP contribution in [0.2, 0.25) is 0 Å². The summed E-state index contributed by atoms with van der Waals surface area (Å²) in [5.41, 5.74) is 3.72. The normalized spacial score (nSPS) is 13.3. The summed E-state index contributed by atoms with van der Waals surface area (Å²) in [6, 6.07) is 18.8. The van der Waals surface area contributed by atoms with Gasteiger partial charge < -0.3 is 5.32 Å². The highest BCUT2D eigenvalue weighted by atomic mass is 32.2. The van der Waals surface area contributed by atoms with Crippen LogP contribution in [0.5, 0.6) is 0 Å².